The number of benzene rings is 2. The average molecular weight is 324 g/mol. The third kappa shape index (κ3) is 3.66. The van der Waals surface area contributed by atoms with Gasteiger partial charge in [0.15, 0.2) is 6.79 Å². The SMILES string of the molecule is COCOc1ccc(C(=C(C(=O)O)c2ccccc2)C2CC2)cc1. The largest absolute Gasteiger partial charge is 0.478 e. The van der Waals surface area contributed by atoms with E-state index in [0.29, 0.717) is 17.2 Å². The third-order valence-corrected chi connectivity index (χ3v) is 4.04. The van der Waals surface area contributed by atoms with Crippen molar-refractivity contribution < 1.29 is 19.4 Å². The van der Waals surface area contributed by atoms with E-state index >= 15 is 0 Å². The Morgan fingerprint density at radius 1 is 1.04 bits per heavy atom. The van der Waals surface area contributed by atoms with Crippen molar-refractivity contribution in [1.82, 2.24) is 0 Å². The van der Waals surface area contributed by atoms with Crippen molar-refractivity contribution in [3.8, 4) is 5.75 Å². The zero-order chi connectivity index (χ0) is 16.9. The van der Waals surface area contributed by atoms with Crippen LogP contribution in [0.2, 0.25) is 0 Å². The van der Waals surface area contributed by atoms with Crippen LogP contribution >= 0.6 is 0 Å². The molecule has 0 spiro atoms. The first-order valence-corrected chi connectivity index (χ1v) is 7.95. The van der Waals surface area contributed by atoms with Crippen molar-refractivity contribution in [2.24, 2.45) is 5.92 Å². The van der Waals surface area contributed by atoms with E-state index in [1.807, 2.05) is 54.6 Å². The zero-order valence-electron chi connectivity index (χ0n) is 13.6. The normalized spacial score (nSPS) is 14.9. The lowest BCUT2D eigenvalue weighted by molar-refractivity contribution is -0.130. The molecule has 4 heteroatoms. The molecule has 24 heavy (non-hydrogen) atoms. The smallest absolute Gasteiger partial charge is 0.336 e. The van der Waals surface area contributed by atoms with Gasteiger partial charge in [0.05, 0.1) is 5.57 Å². The number of allylic oxidation sites excluding steroid dienone is 1. The maximum absolute atomic E-state index is 12.0. The quantitative estimate of drug-likeness (QED) is 0.474. The molecule has 0 atom stereocenters. The summed E-state index contributed by atoms with van der Waals surface area (Å²) in [7, 11) is 1.57. The van der Waals surface area contributed by atoms with Crippen molar-refractivity contribution in [3.63, 3.8) is 0 Å². The van der Waals surface area contributed by atoms with Gasteiger partial charge in [-0.3, -0.25) is 0 Å². The number of carboxylic acid groups (broad SMARTS) is 1. The summed E-state index contributed by atoms with van der Waals surface area (Å²) in [5, 5.41) is 9.81. The van der Waals surface area contributed by atoms with Crippen molar-refractivity contribution in [1.29, 1.82) is 0 Å². The minimum Gasteiger partial charge on any atom is -0.478 e. The van der Waals surface area contributed by atoms with Crippen LogP contribution in [0.15, 0.2) is 54.6 Å². The highest BCUT2D eigenvalue weighted by atomic mass is 16.7. The van der Waals surface area contributed by atoms with Crippen LogP contribution in [-0.4, -0.2) is 25.0 Å². The van der Waals surface area contributed by atoms with Crippen molar-refractivity contribution in [2.45, 2.75) is 12.8 Å². The third-order valence-electron chi connectivity index (χ3n) is 4.04. The zero-order valence-corrected chi connectivity index (χ0v) is 13.6. The van der Waals surface area contributed by atoms with E-state index in [1.165, 1.54) is 0 Å². The first-order chi connectivity index (χ1) is 11.7. The second kappa shape index (κ2) is 7.32. The molecule has 0 heterocycles. The Kier molecular flexibility index (Phi) is 4.96. The van der Waals surface area contributed by atoms with Crippen LogP contribution in [0, 0.1) is 5.92 Å². The molecule has 0 aromatic heterocycles. The number of carboxylic acids is 1. The van der Waals surface area contributed by atoms with Gasteiger partial charge >= 0.3 is 5.97 Å². The lowest BCUT2D eigenvalue weighted by Gasteiger charge is -2.14. The molecule has 1 saturated carbocycles. The predicted octanol–water partition coefficient (Wildman–Crippen LogP) is 4.07. The Labute approximate surface area is 141 Å². The van der Waals surface area contributed by atoms with E-state index in [0.717, 1.165) is 29.5 Å². The number of rotatable bonds is 7. The maximum atomic E-state index is 12.0. The summed E-state index contributed by atoms with van der Waals surface area (Å²) in [4.78, 5) is 12.0. The Morgan fingerprint density at radius 3 is 2.25 bits per heavy atom. The molecule has 0 aliphatic heterocycles. The van der Waals surface area contributed by atoms with E-state index in [4.69, 9.17) is 9.47 Å². The van der Waals surface area contributed by atoms with Gasteiger partial charge in [-0.1, -0.05) is 42.5 Å². The van der Waals surface area contributed by atoms with Gasteiger partial charge in [0.2, 0.25) is 0 Å². The van der Waals surface area contributed by atoms with Gasteiger partial charge in [0.1, 0.15) is 5.75 Å². The van der Waals surface area contributed by atoms with Crippen LogP contribution in [0.4, 0.5) is 0 Å². The molecule has 0 radical (unpaired) electrons. The first-order valence-electron chi connectivity index (χ1n) is 7.95. The van der Waals surface area contributed by atoms with Crippen LogP contribution in [0.25, 0.3) is 11.1 Å². The Hall–Kier alpha value is -2.59. The van der Waals surface area contributed by atoms with Crippen molar-refractivity contribution in [2.75, 3.05) is 13.9 Å². The lowest BCUT2D eigenvalue weighted by atomic mass is 9.91. The molecule has 0 bridgehead atoms. The number of ether oxygens (including phenoxy) is 2. The van der Waals surface area contributed by atoms with Crippen molar-refractivity contribution >= 4 is 17.1 Å². The summed E-state index contributed by atoms with van der Waals surface area (Å²) >= 11 is 0. The topological polar surface area (TPSA) is 55.8 Å². The number of aliphatic carboxylic acids is 1. The van der Waals surface area contributed by atoms with Gasteiger partial charge in [0, 0.05) is 7.11 Å². The highest BCUT2D eigenvalue weighted by molar-refractivity contribution is 6.24. The highest BCUT2D eigenvalue weighted by Crippen LogP contribution is 2.46. The fraction of sp³-hybridized carbons (Fsp3) is 0.250. The summed E-state index contributed by atoms with van der Waals surface area (Å²) in [6.45, 7) is 0.190. The van der Waals surface area contributed by atoms with E-state index in [9.17, 15) is 9.90 Å². The summed E-state index contributed by atoms with van der Waals surface area (Å²) < 4.78 is 10.3. The molecule has 0 unspecified atom stereocenters. The number of hydrogen-bond donors (Lipinski definition) is 1. The summed E-state index contributed by atoms with van der Waals surface area (Å²) in [5.41, 5.74) is 2.98. The number of methoxy groups -OCH3 is 1. The molecule has 0 amide bonds. The van der Waals surface area contributed by atoms with Gasteiger partial charge in [-0.2, -0.15) is 0 Å². The summed E-state index contributed by atoms with van der Waals surface area (Å²) in [5.74, 6) is 0.122. The minimum absolute atomic E-state index is 0.190. The Bertz CT molecular complexity index is 728. The van der Waals surface area contributed by atoms with Crippen LogP contribution in [0.3, 0.4) is 0 Å². The van der Waals surface area contributed by atoms with E-state index in [2.05, 4.69) is 0 Å². The van der Waals surface area contributed by atoms with Gasteiger partial charge in [0.25, 0.3) is 0 Å². The molecule has 4 nitrogen and oxygen atoms in total. The monoisotopic (exact) mass is 324 g/mol. The van der Waals surface area contributed by atoms with Crippen molar-refractivity contribution in [3.05, 3.63) is 65.7 Å². The van der Waals surface area contributed by atoms with Gasteiger partial charge in [-0.15, -0.1) is 0 Å². The molecule has 124 valence electrons. The Morgan fingerprint density at radius 2 is 1.71 bits per heavy atom. The van der Waals surface area contributed by atoms with Gasteiger partial charge in [-0.05, 0) is 47.6 Å². The Balaban J connectivity index is 2.03. The fourth-order valence-corrected chi connectivity index (χ4v) is 2.81. The fourth-order valence-electron chi connectivity index (χ4n) is 2.81. The second-order valence-corrected chi connectivity index (χ2v) is 5.81. The summed E-state index contributed by atoms with van der Waals surface area (Å²) in [6, 6.07) is 16.9. The predicted molar refractivity (Wildman–Crippen MR) is 92.6 cm³/mol. The average Bonchev–Trinajstić information content (AvgIpc) is 3.43. The van der Waals surface area contributed by atoms with Crippen LogP contribution < -0.4 is 4.74 Å². The second-order valence-electron chi connectivity index (χ2n) is 5.81. The molecule has 1 aliphatic rings. The lowest BCUT2D eigenvalue weighted by Crippen LogP contribution is -2.05. The molecule has 1 aliphatic carbocycles. The van der Waals surface area contributed by atoms with Crippen LogP contribution in [0.1, 0.15) is 24.0 Å². The minimum atomic E-state index is -0.886. The molecule has 2 aromatic carbocycles. The molecule has 1 fully saturated rings. The highest BCUT2D eigenvalue weighted by Gasteiger charge is 2.32. The molecule has 0 saturated heterocycles. The van der Waals surface area contributed by atoms with Gasteiger partial charge < -0.3 is 14.6 Å². The van der Waals surface area contributed by atoms with Crippen LogP contribution in [-0.2, 0) is 9.53 Å². The molecular formula is C20H20O4. The first kappa shape index (κ1) is 16.3. The standard InChI is InChI=1S/C20H20O4/c1-23-13-24-17-11-9-16(10-12-17)18(15-7-8-15)19(20(21)22)14-5-3-2-4-6-14/h2-6,9-12,15H,7-8,13H2,1H3,(H,21,22). The molecule has 3 rings (SSSR count). The number of hydrogen-bond acceptors (Lipinski definition) is 3. The van der Waals surface area contributed by atoms with E-state index < -0.39 is 5.97 Å². The van der Waals surface area contributed by atoms with E-state index in [-0.39, 0.29) is 6.79 Å². The maximum Gasteiger partial charge on any atom is 0.336 e. The number of carbonyl (C=O) groups is 1. The van der Waals surface area contributed by atoms with Gasteiger partial charge in [-0.25, -0.2) is 4.79 Å². The molecule has 1 N–H and O–H groups in total. The van der Waals surface area contributed by atoms with E-state index in [1.54, 1.807) is 7.11 Å². The summed E-state index contributed by atoms with van der Waals surface area (Å²) in [6.07, 6.45) is 2.06. The molecular weight excluding hydrogens is 304 g/mol. The van der Waals surface area contributed by atoms with Crippen LogP contribution in [0.5, 0.6) is 5.75 Å². The molecule has 2 aromatic rings.